The van der Waals surface area contributed by atoms with E-state index < -0.39 is 6.10 Å². The lowest BCUT2D eigenvalue weighted by molar-refractivity contribution is 0.0971. The quantitative estimate of drug-likeness (QED) is 0.821. The molecular formula is C20H25NO3. The van der Waals surface area contributed by atoms with Crippen molar-refractivity contribution in [3.8, 4) is 11.5 Å². The van der Waals surface area contributed by atoms with E-state index in [9.17, 15) is 5.11 Å². The molecule has 1 atom stereocenters. The van der Waals surface area contributed by atoms with Gasteiger partial charge < -0.3 is 19.9 Å². The highest BCUT2D eigenvalue weighted by molar-refractivity contribution is 5.50. The van der Waals surface area contributed by atoms with Crippen LogP contribution in [0.2, 0.25) is 0 Å². The van der Waals surface area contributed by atoms with E-state index in [1.54, 1.807) is 0 Å². The summed E-state index contributed by atoms with van der Waals surface area (Å²) in [5.41, 5.74) is 2.16. The number of hydrogen-bond acceptors (Lipinski definition) is 4. The molecule has 2 aromatic rings. The van der Waals surface area contributed by atoms with E-state index in [1.807, 2.05) is 30.3 Å². The van der Waals surface area contributed by atoms with Gasteiger partial charge in [0.25, 0.3) is 0 Å². The van der Waals surface area contributed by atoms with E-state index in [1.165, 1.54) is 5.56 Å². The zero-order chi connectivity index (χ0) is 17.0. The van der Waals surface area contributed by atoms with E-state index in [0.29, 0.717) is 12.3 Å². The fourth-order valence-corrected chi connectivity index (χ4v) is 2.92. The van der Waals surface area contributed by atoms with Crippen molar-refractivity contribution in [2.45, 2.75) is 38.5 Å². The molecule has 0 saturated carbocycles. The molecule has 128 valence electrons. The number of rotatable bonds is 7. The SMILES string of the molecule is CC1(C)Cc2cccc(OC[C@H](O)CNCc3ccccc3)c2O1. The molecule has 4 nitrogen and oxygen atoms in total. The van der Waals surface area contributed by atoms with Gasteiger partial charge in [0.2, 0.25) is 0 Å². The van der Waals surface area contributed by atoms with Crippen molar-refractivity contribution in [1.82, 2.24) is 5.32 Å². The molecule has 2 N–H and O–H groups in total. The number of benzene rings is 2. The largest absolute Gasteiger partial charge is 0.487 e. The van der Waals surface area contributed by atoms with E-state index in [0.717, 1.165) is 24.3 Å². The van der Waals surface area contributed by atoms with Crippen LogP contribution in [0.4, 0.5) is 0 Å². The molecule has 1 aliphatic rings. The fraction of sp³-hybridized carbons (Fsp3) is 0.400. The second kappa shape index (κ2) is 7.24. The lowest BCUT2D eigenvalue weighted by Gasteiger charge is -2.19. The first-order valence-electron chi connectivity index (χ1n) is 8.40. The van der Waals surface area contributed by atoms with Gasteiger partial charge in [-0.2, -0.15) is 0 Å². The topological polar surface area (TPSA) is 50.7 Å². The van der Waals surface area contributed by atoms with Crippen LogP contribution in [0.25, 0.3) is 0 Å². The molecule has 0 spiro atoms. The summed E-state index contributed by atoms with van der Waals surface area (Å²) in [4.78, 5) is 0. The molecule has 0 unspecified atom stereocenters. The van der Waals surface area contributed by atoms with Crippen molar-refractivity contribution in [3.05, 3.63) is 59.7 Å². The van der Waals surface area contributed by atoms with Crippen molar-refractivity contribution in [2.75, 3.05) is 13.2 Å². The average Bonchev–Trinajstić information content (AvgIpc) is 2.88. The van der Waals surface area contributed by atoms with E-state index in [4.69, 9.17) is 9.47 Å². The standard InChI is InChI=1S/C20H25NO3/c1-20(2)11-16-9-6-10-18(19(16)24-20)23-14-17(22)13-21-12-15-7-4-3-5-8-15/h3-10,17,21-22H,11-14H2,1-2H3/t17-/m1/s1. The van der Waals surface area contributed by atoms with Crippen molar-refractivity contribution in [2.24, 2.45) is 0 Å². The molecule has 1 heterocycles. The summed E-state index contributed by atoms with van der Waals surface area (Å²) in [6.45, 7) is 5.59. The Morgan fingerprint density at radius 2 is 1.96 bits per heavy atom. The van der Waals surface area contributed by atoms with Gasteiger partial charge in [0.1, 0.15) is 18.3 Å². The summed E-state index contributed by atoms with van der Waals surface area (Å²) >= 11 is 0. The first kappa shape index (κ1) is 16.8. The monoisotopic (exact) mass is 327 g/mol. The highest BCUT2D eigenvalue weighted by atomic mass is 16.5. The summed E-state index contributed by atoms with van der Waals surface area (Å²) in [7, 11) is 0. The molecule has 4 heteroatoms. The third-order valence-corrected chi connectivity index (χ3v) is 4.04. The Morgan fingerprint density at radius 1 is 1.17 bits per heavy atom. The molecule has 0 fully saturated rings. The Kier molecular flexibility index (Phi) is 5.07. The fourth-order valence-electron chi connectivity index (χ4n) is 2.92. The summed E-state index contributed by atoms with van der Waals surface area (Å²) in [6.07, 6.45) is 0.305. The van der Waals surface area contributed by atoms with Gasteiger partial charge >= 0.3 is 0 Å². The number of para-hydroxylation sites is 1. The highest BCUT2D eigenvalue weighted by Gasteiger charge is 2.32. The predicted octanol–water partition coefficient (Wildman–Crippen LogP) is 2.93. The van der Waals surface area contributed by atoms with E-state index in [2.05, 4.69) is 37.4 Å². The Bertz CT molecular complexity index is 670. The molecule has 0 bridgehead atoms. The molecule has 1 aliphatic heterocycles. The van der Waals surface area contributed by atoms with Gasteiger partial charge in [0.15, 0.2) is 11.5 Å². The van der Waals surface area contributed by atoms with Crippen LogP contribution in [-0.4, -0.2) is 30.0 Å². The van der Waals surface area contributed by atoms with Gasteiger partial charge in [-0.3, -0.25) is 0 Å². The smallest absolute Gasteiger partial charge is 0.165 e. The number of fused-ring (bicyclic) bond motifs is 1. The lowest BCUT2D eigenvalue weighted by Crippen LogP contribution is -2.31. The number of aliphatic hydroxyl groups is 1. The summed E-state index contributed by atoms with van der Waals surface area (Å²) in [6, 6.07) is 16.1. The van der Waals surface area contributed by atoms with E-state index >= 15 is 0 Å². The van der Waals surface area contributed by atoms with Gasteiger partial charge in [-0.15, -0.1) is 0 Å². The van der Waals surface area contributed by atoms with Crippen LogP contribution in [0.5, 0.6) is 11.5 Å². The highest BCUT2D eigenvalue weighted by Crippen LogP contribution is 2.41. The molecule has 0 saturated heterocycles. The van der Waals surface area contributed by atoms with Crippen molar-refractivity contribution >= 4 is 0 Å². The molecular weight excluding hydrogens is 302 g/mol. The Labute approximate surface area is 143 Å². The van der Waals surface area contributed by atoms with Crippen LogP contribution in [0.15, 0.2) is 48.5 Å². The third-order valence-electron chi connectivity index (χ3n) is 4.04. The first-order valence-corrected chi connectivity index (χ1v) is 8.40. The molecule has 2 aromatic carbocycles. The van der Waals surface area contributed by atoms with Gasteiger partial charge in [0.05, 0.1) is 0 Å². The van der Waals surface area contributed by atoms with Gasteiger partial charge in [-0.05, 0) is 25.5 Å². The Hall–Kier alpha value is -2.04. The normalized spacial score (nSPS) is 16.3. The molecule has 0 aliphatic carbocycles. The van der Waals surface area contributed by atoms with Crippen LogP contribution in [0, 0.1) is 0 Å². The first-order chi connectivity index (χ1) is 11.5. The van der Waals surface area contributed by atoms with E-state index in [-0.39, 0.29) is 12.2 Å². The average molecular weight is 327 g/mol. The number of ether oxygens (including phenoxy) is 2. The minimum absolute atomic E-state index is 0.197. The van der Waals surface area contributed by atoms with Crippen LogP contribution in [-0.2, 0) is 13.0 Å². The maximum absolute atomic E-state index is 10.1. The van der Waals surface area contributed by atoms with Crippen molar-refractivity contribution < 1.29 is 14.6 Å². The summed E-state index contributed by atoms with van der Waals surface area (Å²) < 4.78 is 11.8. The predicted molar refractivity (Wildman–Crippen MR) is 94.5 cm³/mol. The van der Waals surface area contributed by atoms with Crippen LogP contribution in [0.3, 0.4) is 0 Å². The number of aliphatic hydroxyl groups excluding tert-OH is 1. The van der Waals surface area contributed by atoms with Crippen LogP contribution >= 0.6 is 0 Å². The summed E-state index contributed by atoms with van der Waals surface area (Å²) in [5, 5.41) is 13.4. The minimum Gasteiger partial charge on any atom is -0.487 e. The maximum atomic E-state index is 10.1. The summed E-state index contributed by atoms with van der Waals surface area (Å²) in [5.74, 6) is 1.52. The zero-order valence-electron chi connectivity index (χ0n) is 14.3. The van der Waals surface area contributed by atoms with Crippen LogP contribution < -0.4 is 14.8 Å². The third kappa shape index (κ3) is 4.28. The van der Waals surface area contributed by atoms with Crippen LogP contribution in [0.1, 0.15) is 25.0 Å². The van der Waals surface area contributed by atoms with Crippen molar-refractivity contribution in [1.29, 1.82) is 0 Å². The second-order valence-corrected chi connectivity index (χ2v) is 6.86. The zero-order valence-corrected chi connectivity index (χ0v) is 14.3. The second-order valence-electron chi connectivity index (χ2n) is 6.86. The molecule has 0 amide bonds. The number of nitrogens with one attached hydrogen (secondary N) is 1. The molecule has 3 rings (SSSR count). The minimum atomic E-state index is -0.570. The van der Waals surface area contributed by atoms with Gasteiger partial charge in [-0.1, -0.05) is 42.5 Å². The van der Waals surface area contributed by atoms with Gasteiger partial charge in [-0.25, -0.2) is 0 Å². The molecule has 0 radical (unpaired) electrons. The Morgan fingerprint density at radius 3 is 2.75 bits per heavy atom. The molecule has 24 heavy (non-hydrogen) atoms. The molecule has 0 aromatic heterocycles. The Balaban J connectivity index is 1.47. The van der Waals surface area contributed by atoms with Crippen molar-refractivity contribution in [3.63, 3.8) is 0 Å². The van der Waals surface area contributed by atoms with Gasteiger partial charge in [0, 0.05) is 25.1 Å². The lowest BCUT2D eigenvalue weighted by atomic mass is 10.0. The maximum Gasteiger partial charge on any atom is 0.165 e. The number of hydrogen-bond donors (Lipinski definition) is 2.